The molecule has 2 rings (SSSR count). The van der Waals surface area contributed by atoms with Gasteiger partial charge in [-0.15, -0.1) is 0 Å². The minimum Gasteiger partial charge on any atom is -0.312 e. The molecule has 2 heteroatoms. The molecule has 2 unspecified atom stereocenters. The fourth-order valence-electron chi connectivity index (χ4n) is 2.21. The van der Waals surface area contributed by atoms with E-state index in [-0.39, 0.29) is 0 Å². The number of nitrogens with one attached hydrogen (secondary N) is 1. The van der Waals surface area contributed by atoms with Gasteiger partial charge in [-0.25, -0.2) is 0 Å². The SMILES string of the molecule is CC1CC1CNCc1ccc([Si](C)(C)C)cc1. The fourth-order valence-corrected chi connectivity index (χ4v) is 3.37. The van der Waals surface area contributed by atoms with Gasteiger partial charge in [0.05, 0.1) is 8.07 Å². The van der Waals surface area contributed by atoms with E-state index in [9.17, 15) is 0 Å². The molecule has 1 nitrogen and oxygen atoms in total. The van der Waals surface area contributed by atoms with Crippen molar-refractivity contribution in [2.75, 3.05) is 6.54 Å². The van der Waals surface area contributed by atoms with Crippen molar-refractivity contribution < 1.29 is 0 Å². The van der Waals surface area contributed by atoms with Crippen molar-refractivity contribution in [2.45, 2.75) is 39.5 Å². The lowest BCUT2D eigenvalue weighted by atomic mass is 10.2. The van der Waals surface area contributed by atoms with Crippen LogP contribution in [0.15, 0.2) is 24.3 Å². The van der Waals surface area contributed by atoms with Gasteiger partial charge in [-0.2, -0.15) is 0 Å². The molecule has 1 aliphatic carbocycles. The van der Waals surface area contributed by atoms with Gasteiger partial charge in [0, 0.05) is 6.54 Å². The predicted octanol–water partition coefficient (Wildman–Crippen LogP) is 2.98. The van der Waals surface area contributed by atoms with Crippen LogP contribution < -0.4 is 10.5 Å². The van der Waals surface area contributed by atoms with E-state index in [2.05, 4.69) is 56.1 Å². The second-order valence-electron chi connectivity index (χ2n) is 6.55. The minimum atomic E-state index is -1.12. The van der Waals surface area contributed by atoms with Gasteiger partial charge >= 0.3 is 0 Å². The summed E-state index contributed by atoms with van der Waals surface area (Å²) in [5.74, 6) is 1.90. The quantitative estimate of drug-likeness (QED) is 0.789. The van der Waals surface area contributed by atoms with Gasteiger partial charge in [-0.1, -0.05) is 56.0 Å². The van der Waals surface area contributed by atoms with Crippen LogP contribution in [0, 0.1) is 11.8 Å². The Labute approximate surface area is 107 Å². The Kier molecular flexibility index (Phi) is 3.74. The highest BCUT2D eigenvalue weighted by molar-refractivity contribution is 6.88. The van der Waals surface area contributed by atoms with E-state index in [1.165, 1.54) is 18.5 Å². The highest BCUT2D eigenvalue weighted by Gasteiger charge is 2.31. The van der Waals surface area contributed by atoms with Crippen molar-refractivity contribution in [1.82, 2.24) is 5.32 Å². The number of hydrogen-bond donors (Lipinski definition) is 1. The second-order valence-corrected chi connectivity index (χ2v) is 11.6. The minimum absolute atomic E-state index is 0.941. The first-order valence-corrected chi connectivity index (χ1v) is 10.3. The third-order valence-corrected chi connectivity index (χ3v) is 5.90. The molecule has 0 saturated heterocycles. The van der Waals surface area contributed by atoms with Crippen LogP contribution in [0.3, 0.4) is 0 Å². The summed E-state index contributed by atoms with van der Waals surface area (Å²) >= 11 is 0. The summed E-state index contributed by atoms with van der Waals surface area (Å²) in [6.07, 6.45) is 1.42. The van der Waals surface area contributed by atoms with Gasteiger partial charge in [-0.05, 0) is 30.4 Å². The molecule has 2 atom stereocenters. The van der Waals surface area contributed by atoms with E-state index in [0.29, 0.717) is 0 Å². The molecule has 17 heavy (non-hydrogen) atoms. The summed E-state index contributed by atoms with van der Waals surface area (Å²) in [6.45, 7) is 11.7. The lowest BCUT2D eigenvalue weighted by Crippen LogP contribution is -2.37. The fraction of sp³-hybridized carbons (Fsp3) is 0.600. The molecule has 1 aromatic carbocycles. The molecule has 1 saturated carbocycles. The molecule has 0 aromatic heterocycles. The van der Waals surface area contributed by atoms with Crippen LogP contribution in [-0.4, -0.2) is 14.6 Å². The van der Waals surface area contributed by atoms with E-state index in [1.807, 2.05) is 0 Å². The van der Waals surface area contributed by atoms with Gasteiger partial charge in [0.2, 0.25) is 0 Å². The van der Waals surface area contributed by atoms with E-state index in [1.54, 1.807) is 5.19 Å². The first-order valence-electron chi connectivity index (χ1n) is 6.77. The van der Waals surface area contributed by atoms with Crippen molar-refractivity contribution in [2.24, 2.45) is 11.8 Å². The molecule has 0 bridgehead atoms. The normalized spacial score (nSPS) is 23.8. The van der Waals surface area contributed by atoms with Crippen LogP contribution in [0.4, 0.5) is 0 Å². The Morgan fingerprint density at radius 3 is 2.24 bits per heavy atom. The Morgan fingerprint density at radius 2 is 1.76 bits per heavy atom. The maximum absolute atomic E-state index is 3.56. The van der Waals surface area contributed by atoms with Crippen LogP contribution in [-0.2, 0) is 6.54 Å². The Balaban J connectivity index is 1.81. The summed E-state index contributed by atoms with van der Waals surface area (Å²) < 4.78 is 0. The molecule has 94 valence electrons. The van der Waals surface area contributed by atoms with Crippen LogP contribution in [0.1, 0.15) is 18.9 Å². The summed E-state index contributed by atoms with van der Waals surface area (Å²) in [5, 5.41) is 5.12. The standard InChI is InChI=1S/C15H25NSi/c1-12-9-14(12)11-16-10-13-5-7-15(8-6-13)17(2,3)4/h5-8,12,14,16H,9-11H2,1-4H3. The topological polar surface area (TPSA) is 12.0 Å². The highest BCUT2D eigenvalue weighted by atomic mass is 28.3. The molecular formula is C15H25NSi. The zero-order valence-corrected chi connectivity index (χ0v) is 12.6. The van der Waals surface area contributed by atoms with Gasteiger partial charge in [0.15, 0.2) is 0 Å². The van der Waals surface area contributed by atoms with Gasteiger partial charge < -0.3 is 5.32 Å². The third kappa shape index (κ3) is 3.68. The predicted molar refractivity (Wildman–Crippen MR) is 78.4 cm³/mol. The molecule has 0 heterocycles. The summed E-state index contributed by atoms with van der Waals surface area (Å²) in [7, 11) is -1.12. The number of benzene rings is 1. The molecule has 0 amide bonds. The van der Waals surface area contributed by atoms with Crippen molar-refractivity contribution in [1.29, 1.82) is 0 Å². The third-order valence-electron chi connectivity index (χ3n) is 3.83. The van der Waals surface area contributed by atoms with Crippen LogP contribution in [0.5, 0.6) is 0 Å². The molecule has 0 spiro atoms. The van der Waals surface area contributed by atoms with Crippen LogP contribution >= 0.6 is 0 Å². The Hall–Kier alpha value is -0.603. The molecule has 1 N–H and O–H groups in total. The smallest absolute Gasteiger partial charge is 0.0775 e. The van der Waals surface area contributed by atoms with Gasteiger partial charge in [-0.3, -0.25) is 0 Å². The lowest BCUT2D eigenvalue weighted by Gasteiger charge is -2.16. The van der Waals surface area contributed by atoms with Gasteiger partial charge in [0.25, 0.3) is 0 Å². The molecule has 1 aromatic rings. The average Bonchev–Trinajstić information content (AvgIpc) is 2.94. The first kappa shape index (κ1) is 12.8. The molecular weight excluding hydrogens is 222 g/mol. The maximum Gasteiger partial charge on any atom is 0.0775 e. The largest absolute Gasteiger partial charge is 0.312 e. The summed E-state index contributed by atoms with van der Waals surface area (Å²) in [5.41, 5.74) is 1.42. The van der Waals surface area contributed by atoms with E-state index >= 15 is 0 Å². The zero-order chi connectivity index (χ0) is 12.5. The molecule has 0 aliphatic heterocycles. The monoisotopic (exact) mass is 247 g/mol. The van der Waals surface area contributed by atoms with Crippen molar-refractivity contribution in [3.8, 4) is 0 Å². The number of hydrogen-bond acceptors (Lipinski definition) is 1. The first-order chi connectivity index (χ1) is 7.97. The Morgan fingerprint density at radius 1 is 1.18 bits per heavy atom. The Bertz CT molecular complexity index is 364. The molecule has 1 fully saturated rings. The zero-order valence-electron chi connectivity index (χ0n) is 11.6. The molecule has 0 radical (unpaired) electrons. The summed E-state index contributed by atoms with van der Waals surface area (Å²) in [6, 6.07) is 9.22. The van der Waals surface area contributed by atoms with E-state index in [4.69, 9.17) is 0 Å². The van der Waals surface area contributed by atoms with Crippen molar-refractivity contribution in [3.63, 3.8) is 0 Å². The lowest BCUT2D eigenvalue weighted by molar-refractivity contribution is 0.612. The van der Waals surface area contributed by atoms with Gasteiger partial charge in [0.1, 0.15) is 0 Å². The van der Waals surface area contributed by atoms with Crippen LogP contribution in [0.2, 0.25) is 19.6 Å². The van der Waals surface area contributed by atoms with E-state index < -0.39 is 8.07 Å². The van der Waals surface area contributed by atoms with Crippen LogP contribution in [0.25, 0.3) is 0 Å². The van der Waals surface area contributed by atoms with Crippen molar-refractivity contribution in [3.05, 3.63) is 29.8 Å². The average molecular weight is 247 g/mol. The highest BCUT2D eigenvalue weighted by Crippen LogP contribution is 2.36. The van der Waals surface area contributed by atoms with Crippen molar-refractivity contribution >= 4 is 13.3 Å². The maximum atomic E-state index is 3.56. The second kappa shape index (κ2) is 4.95. The van der Waals surface area contributed by atoms with E-state index in [0.717, 1.165) is 18.4 Å². The molecule has 1 aliphatic rings. The number of rotatable bonds is 5. The summed E-state index contributed by atoms with van der Waals surface area (Å²) in [4.78, 5) is 0.